The molecular formula is C29H27F9N2O6. The largest absolute Gasteiger partial charge is 0.573 e. The number of hydrogen-bond acceptors (Lipinski definition) is 6. The van der Waals surface area contributed by atoms with Crippen molar-refractivity contribution in [1.29, 1.82) is 0 Å². The van der Waals surface area contributed by atoms with Gasteiger partial charge in [0.05, 0.1) is 23.7 Å². The van der Waals surface area contributed by atoms with Crippen LogP contribution >= 0.6 is 0 Å². The first kappa shape index (κ1) is 34.7. The minimum absolute atomic E-state index is 0.0245. The summed E-state index contributed by atoms with van der Waals surface area (Å²) in [6.07, 6.45) is -17.1. The van der Waals surface area contributed by atoms with Crippen LogP contribution in [0.25, 0.3) is 0 Å². The van der Waals surface area contributed by atoms with Crippen molar-refractivity contribution in [2.45, 2.75) is 83.0 Å². The molecule has 1 saturated heterocycles. The molecule has 2 amide bonds. The third kappa shape index (κ3) is 8.54. The Labute approximate surface area is 255 Å². The Morgan fingerprint density at radius 1 is 0.913 bits per heavy atom. The molecule has 1 heterocycles. The van der Waals surface area contributed by atoms with Gasteiger partial charge in [0, 0.05) is 18.5 Å². The van der Waals surface area contributed by atoms with Crippen molar-refractivity contribution < 1.29 is 68.1 Å². The van der Waals surface area contributed by atoms with E-state index in [0.717, 1.165) is 23.1 Å². The normalized spacial score (nSPS) is 22.3. The van der Waals surface area contributed by atoms with Gasteiger partial charge in [-0.3, -0.25) is 14.5 Å². The first-order chi connectivity index (χ1) is 21.2. The summed E-state index contributed by atoms with van der Waals surface area (Å²) < 4.78 is 134. The predicted molar refractivity (Wildman–Crippen MR) is 140 cm³/mol. The fourth-order valence-corrected chi connectivity index (χ4v) is 5.42. The number of rotatable bonds is 7. The number of halogens is 9. The van der Waals surface area contributed by atoms with Crippen LogP contribution in [0.2, 0.25) is 0 Å². The minimum atomic E-state index is -5.16. The van der Waals surface area contributed by atoms with Gasteiger partial charge in [0.25, 0.3) is 0 Å². The summed E-state index contributed by atoms with van der Waals surface area (Å²) in [5, 5.41) is 2.61. The summed E-state index contributed by atoms with van der Waals surface area (Å²) in [6.45, 7) is 1.97. The number of hydrogen-bond donors (Lipinski definition) is 1. The number of ether oxygens (including phenoxy) is 3. The predicted octanol–water partition coefficient (Wildman–Crippen LogP) is 7.77. The number of alkyl halides is 9. The zero-order valence-electron chi connectivity index (χ0n) is 24.1. The molecule has 252 valence electrons. The van der Waals surface area contributed by atoms with Gasteiger partial charge >= 0.3 is 30.8 Å². The summed E-state index contributed by atoms with van der Waals surface area (Å²) in [5.74, 6) is -2.24. The molecule has 2 fully saturated rings. The van der Waals surface area contributed by atoms with Crippen LogP contribution in [0.15, 0.2) is 36.4 Å². The summed E-state index contributed by atoms with van der Waals surface area (Å²) in [6, 6.07) is 2.47. The van der Waals surface area contributed by atoms with E-state index < -0.39 is 83.7 Å². The standard InChI is InChI=1S/C29H27F9N2O6/c1-14-24(17-9-19(27(30,31)32)12-20(10-17)28(33,34)35)45-26(43)40(14)13-18-11-22(46-29(36,37)38)7-8-23(18)39-25(42)16-3-5-21(6-4-16)44-15(2)41/h7-12,14,16,21,24H,3-6,13H2,1-2H3,(H,39,42)/t14-,16-,21-,24-/m0/s1. The molecule has 46 heavy (non-hydrogen) atoms. The molecular weight excluding hydrogens is 643 g/mol. The fraction of sp³-hybridized carbons (Fsp3) is 0.483. The minimum Gasteiger partial charge on any atom is -0.463 e. The van der Waals surface area contributed by atoms with E-state index in [2.05, 4.69) is 10.1 Å². The number of cyclic esters (lactones) is 1. The molecule has 8 nitrogen and oxygen atoms in total. The smallest absolute Gasteiger partial charge is 0.463 e. The molecule has 0 bridgehead atoms. The average Bonchev–Trinajstić information content (AvgIpc) is 3.21. The topological polar surface area (TPSA) is 94.2 Å². The van der Waals surface area contributed by atoms with Gasteiger partial charge < -0.3 is 19.5 Å². The summed E-state index contributed by atoms with van der Waals surface area (Å²) in [7, 11) is 0. The van der Waals surface area contributed by atoms with E-state index in [4.69, 9.17) is 9.47 Å². The number of amides is 2. The van der Waals surface area contributed by atoms with E-state index in [1.807, 2.05) is 0 Å². The Bertz CT molecular complexity index is 1430. The van der Waals surface area contributed by atoms with Crippen molar-refractivity contribution in [2.75, 3.05) is 5.32 Å². The highest BCUT2D eigenvalue weighted by molar-refractivity contribution is 5.93. The van der Waals surface area contributed by atoms with Gasteiger partial charge in [-0.05, 0) is 80.1 Å². The van der Waals surface area contributed by atoms with E-state index in [0.29, 0.717) is 37.8 Å². The second-order valence-corrected chi connectivity index (χ2v) is 11.0. The van der Waals surface area contributed by atoms with Crippen LogP contribution in [-0.2, 0) is 38.0 Å². The molecule has 2 atom stereocenters. The zero-order chi connectivity index (χ0) is 34.2. The molecule has 4 rings (SSSR count). The molecule has 1 aliphatic heterocycles. The van der Waals surface area contributed by atoms with Gasteiger partial charge in [-0.2, -0.15) is 26.3 Å². The van der Waals surface area contributed by atoms with Crippen molar-refractivity contribution in [3.05, 3.63) is 58.7 Å². The van der Waals surface area contributed by atoms with Gasteiger partial charge in [-0.1, -0.05) is 0 Å². The molecule has 0 unspecified atom stereocenters. The van der Waals surface area contributed by atoms with Crippen LogP contribution in [-0.4, -0.2) is 41.4 Å². The van der Waals surface area contributed by atoms with Gasteiger partial charge in [0.15, 0.2) is 0 Å². The maximum Gasteiger partial charge on any atom is 0.573 e. The van der Waals surface area contributed by atoms with Crippen LogP contribution < -0.4 is 10.1 Å². The Morgan fingerprint density at radius 2 is 1.50 bits per heavy atom. The van der Waals surface area contributed by atoms with Crippen molar-refractivity contribution in [3.8, 4) is 5.75 Å². The number of esters is 1. The van der Waals surface area contributed by atoms with Crippen molar-refractivity contribution in [1.82, 2.24) is 4.90 Å². The van der Waals surface area contributed by atoms with E-state index in [-0.39, 0.29) is 23.4 Å². The van der Waals surface area contributed by atoms with Gasteiger partial charge in [0.2, 0.25) is 5.91 Å². The van der Waals surface area contributed by atoms with Crippen LogP contribution in [0, 0.1) is 5.92 Å². The van der Waals surface area contributed by atoms with E-state index in [1.165, 1.54) is 13.8 Å². The SMILES string of the molecule is CC(=O)O[C@H]1CC[C@H](C(=O)Nc2ccc(OC(F)(F)F)cc2CN2C(=O)O[C@H](c3cc(C(F)(F)F)cc(C(F)(F)F)c3)[C@@H]2C)CC1. The Hall–Kier alpha value is -4.18. The van der Waals surface area contributed by atoms with Crippen molar-refractivity contribution >= 4 is 23.7 Å². The fourth-order valence-electron chi connectivity index (χ4n) is 5.42. The monoisotopic (exact) mass is 670 g/mol. The molecule has 1 N–H and O–H groups in total. The van der Waals surface area contributed by atoms with E-state index >= 15 is 0 Å². The lowest BCUT2D eigenvalue weighted by Gasteiger charge is -2.28. The van der Waals surface area contributed by atoms with E-state index in [9.17, 15) is 53.9 Å². The first-order valence-corrected chi connectivity index (χ1v) is 13.8. The summed E-state index contributed by atoms with van der Waals surface area (Å²) in [5.41, 5.74) is -3.96. The Balaban J connectivity index is 1.60. The number of anilines is 1. The number of carbonyl (C=O) groups is 3. The molecule has 2 aliphatic rings. The van der Waals surface area contributed by atoms with Crippen LogP contribution in [0.3, 0.4) is 0 Å². The van der Waals surface area contributed by atoms with Gasteiger partial charge in [-0.15, -0.1) is 13.2 Å². The molecule has 17 heteroatoms. The second-order valence-electron chi connectivity index (χ2n) is 11.0. The highest BCUT2D eigenvalue weighted by atomic mass is 19.4. The number of benzene rings is 2. The molecule has 0 radical (unpaired) electrons. The maximum atomic E-state index is 13.4. The van der Waals surface area contributed by atoms with Crippen LogP contribution in [0.5, 0.6) is 5.75 Å². The highest BCUT2D eigenvalue weighted by Gasteiger charge is 2.43. The van der Waals surface area contributed by atoms with Crippen LogP contribution in [0.4, 0.5) is 50.0 Å². The lowest BCUT2D eigenvalue weighted by atomic mass is 9.86. The lowest BCUT2D eigenvalue weighted by molar-refractivity contribution is -0.274. The van der Waals surface area contributed by atoms with Gasteiger partial charge in [0.1, 0.15) is 18.0 Å². The van der Waals surface area contributed by atoms with Gasteiger partial charge in [-0.25, -0.2) is 4.79 Å². The molecule has 1 aliphatic carbocycles. The lowest BCUT2D eigenvalue weighted by Crippen LogP contribution is -2.33. The molecule has 2 aromatic carbocycles. The average molecular weight is 671 g/mol. The number of nitrogens with zero attached hydrogens (tertiary/aromatic N) is 1. The third-order valence-electron chi connectivity index (χ3n) is 7.62. The number of carbonyl (C=O) groups excluding carboxylic acids is 3. The van der Waals surface area contributed by atoms with Crippen LogP contribution in [0.1, 0.15) is 67.9 Å². The molecule has 0 aromatic heterocycles. The molecule has 0 spiro atoms. The Morgan fingerprint density at radius 3 is 2.02 bits per heavy atom. The van der Waals surface area contributed by atoms with Crippen molar-refractivity contribution in [3.63, 3.8) is 0 Å². The second kappa shape index (κ2) is 12.9. The first-order valence-electron chi connectivity index (χ1n) is 13.8. The quantitative estimate of drug-likeness (QED) is 0.239. The Kier molecular flexibility index (Phi) is 9.73. The summed E-state index contributed by atoms with van der Waals surface area (Å²) in [4.78, 5) is 38.0. The molecule has 2 aromatic rings. The third-order valence-corrected chi connectivity index (χ3v) is 7.62. The highest BCUT2D eigenvalue weighted by Crippen LogP contribution is 2.42. The number of nitrogens with one attached hydrogen (secondary N) is 1. The van der Waals surface area contributed by atoms with E-state index in [1.54, 1.807) is 0 Å². The summed E-state index contributed by atoms with van der Waals surface area (Å²) >= 11 is 0. The molecule has 1 saturated carbocycles. The van der Waals surface area contributed by atoms with Crippen molar-refractivity contribution in [2.24, 2.45) is 5.92 Å². The maximum absolute atomic E-state index is 13.4. The zero-order valence-corrected chi connectivity index (χ0v) is 24.1.